The van der Waals surface area contributed by atoms with Crippen LogP contribution in [0.3, 0.4) is 0 Å². The van der Waals surface area contributed by atoms with Crippen LogP contribution in [-0.2, 0) is 21.2 Å². The normalized spacial score (nSPS) is 15.4. The summed E-state index contributed by atoms with van der Waals surface area (Å²) in [5.74, 6) is 1.14. The molecule has 4 aromatic rings. The van der Waals surface area contributed by atoms with Crippen molar-refractivity contribution in [2.24, 2.45) is 10.7 Å². The molecule has 5 rings (SSSR count). The number of amides is 1. The van der Waals surface area contributed by atoms with Crippen LogP contribution < -0.4 is 15.2 Å². The quantitative estimate of drug-likeness (QED) is 0.278. The molecular weight excluding hydrogens is 548 g/mol. The molecule has 1 aliphatic rings. The van der Waals surface area contributed by atoms with Crippen LogP contribution in [0.2, 0.25) is 5.15 Å². The number of nitrogens with two attached hydrogens (primary N) is 1. The van der Waals surface area contributed by atoms with Gasteiger partial charge in [-0.25, -0.2) is 13.4 Å². The number of sulfone groups is 1. The van der Waals surface area contributed by atoms with E-state index in [2.05, 4.69) is 15.0 Å². The molecule has 2 aromatic heterocycles. The summed E-state index contributed by atoms with van der Waals surface area (Å²) >= 11 is 7.53. The van der Waals surface area contributed by atoms with Gasteiger partial charge in [-0.1, -0.05) is 29.4 Å². The summed E-state index contributed by atoms with van der Waals surface area (Å²) in [5.41, 5.74) is 7.54. The fourth-order valence-electron chi connectivity index (χ4n) is 3.94. The van der Waals surface area contributed by atoms with E-state index in [0.717, 1.165) is 27.9 Å². The van der Waals surface area contributed by atoms with Crippen LogP contribution in [0.1, 0.15) is 17.8 Å². The van der Waals surface area contributed by atoms with E-state index in [-0.39, 0.29) is 29.1 Å². The first kappa shape index (κ1) is 26.1. The Morgan fingerprint density at radius 3 is 2.66 bits per heavy atom. The molecule has 0 fully saturated rings. The number of nitrogens with zero attached hydrogens (tertiary/aromatic N) is 2. The molecule has 0 saturated heterocycles. The number of carbonyl (C=O) groups is 1. The predicted octanol–water partition coefficient (Wildman–Crippen LogP) is 4.73. The van der Waals surface area contributed by atoms with Crippen molar-refractivity contribution in [2.45, 2.75) is 23.2 Å². The number of aromatic amines is 1. The predicted molar refractivity (Wildman–Crippen MR) is 148 cm³/mol. The van der Waals surface area contributed by atoms with Crippen molar-refractivity contribution in [3.05, 3.63) is 77.2 Å². The number of hydrogen-bond acceptors (Lipinski definition) is 8. The number of rotatable bonds is 9. The Morgan fingerprint density at radius 1 is 1.16 bits per heavy atom. The van der Waals surface area contributed by atoms with E-state index in [1.807, 2.05) is 18.2 Å². The van der Waals surface area contributed by atoms with Crippen molar-refractivity contribution in [2.75, 3.05) is 12.8 Å². The number of carbonyl (C=O) groups excluding carboxylic acids is 1. The van der Waals surface area contributed by atoms with E-state index in [1.165, 1.54) is 23.9 Å². The second-order valence-electron chi connectivity index (χ2n) is 8.71. The highest BCUT2D eigenvalue weighted by atomic mass is 35.5. The smallest absolute Gasteiger partial charge is 0.218 e. The van der Waals surface area contributed by atoms with Gasteiger partial charge in [0.1, 0.15) is 34.1 Å². The lowest BCUT2D eigenvalue weighted by atomic mass is 10.2. The molecule has 0 aliphatic carbocycles. The van der Waals surface area contributed by atoms with Gasteiger partial charge in [0.15, 0.2) is 9.84 Å². The third-order valence-electron chi connectivity index (χ3n) is 5.68. The summed E-state index contributed by atoms with van der Waals surface area (Å²) in [7, 11) is -3.31. The second kappa shape index (κ2) is 10.7. The van der Waals surface area contributed by atoms with Crippen LogP contribution in [0.4, 0.5) is 0 Å². The summed E-state index contributed by atoms with van der Waals surface area (Å²) in [6.45, 7) is 0.687. The van der Waals surface area contributed by atoms with Crippen molar-refractivity contribution in [1.29, 1.82) is 0 Å². The molecule has 0 radical (unpaired) electrons. The second-order valence-corrected chi connectivity index (χ2v) is 12.4. The summed E-state index contributed by atoms with van der Waals surface area (Å²) < 4.78 is 35.7. The number of aromatic nitrogens is 2. The maximum atomic E-state index is 11.8. The molecule has 1 atom stereocenters. The van der Waals surface area contributed by atoms with Gasteiger partial charge in [0.25, 0.3) is 0 Å². The van der Waals surface area contributed by atoms with E-state index in [1.54, 1.807) is 30.3 Å². The summed E-state index contributed by atoms with van der Waals surface area (Å²) in [6.07, 6.45) is 1.41. The monoisotopic (exact) mass is 570 g/mol. The van der Waals surface area contributed by atoms with Crippen molar-refractivity contribution < 1.29 is 22.7 Å². The third kappa shape index (κ3) is 6.12. The molecular formula is C26H23ClN4O5S2. The third-order valence-corrected chi connectivity index (χ3v) is 8.24. The van der Waals surface area contributed by atoms with Gasteiger partial charge in [-0.3, -0.25) is 9.79 Å². The number of H-pyrrole nitrogens is 1. The Bertz CT molecular complexity index is 1650. The van der Waals surface area contributed by atoms with Crippen LogP contribution in [0, 0.1) is 0 Å². The van der Waals surface area contributed by atoms with Gasteiger partial charge < -0.3 is 20.2 Å². The van der Waals surface area contributed by atoms with Gasteiger partial charge in [-0.05, 0) is 48.5 Å². The molecule has 12 heteroatoms. The van der Waals surface area contributed by atoms with E-state index >= 15 is 0 Å². The molecule has 3 N–H and O–H groups in total. The van der Waals surface area contributed by atoms with Gasteiger partial charge in [-0.2, -0.15) is 0 Å². The molecule has 9 nitrogen and oxygen atoms in total. The van der Waals surface area contributed by atoms with Gasteiger partial charge in [0, 0.05) is 29.4 Å². The van der Waals surface area contributed by atoms with Crippen LogP contribution in [0.15, 0.2) is 70.6 Å². The average molecular weight is 571 g/mol. The largest absolute Gasteiger partial charge is 0.485 e. The number of benzene rings is 2. The van der Waals surface area contributed by atoms with E-state index in [4.69, 9.17) is 26.8 Å². The summed E-state index contributed by atoms with van der Waals surface area (Å²) in [5, 5.41) is 1.98. The Balaban J connectivity index is 1.46. The minimum absolute atomic E-state index is 0.00679. The van der Waals surface area contributed by atoms with Crippen LogP contribution in [0.5, 0.6) is 17.2 Å². The molecule has 1 unspecified atom stereocenters. The maximum absolute atomic E-state index is 11.8. The minimum Gasteiger partial charge on any atom is -0.485 e. The molecule has 38 heavy (non-hydrogen) atoms. The summed E-state index contributed by atoms with van der Waals surface area (Å²) in [4.78, 5) is 23.8. The lowest BCUT2D eigenvalue weighted by molar-refractivity contribution is -0.117. The lowest BCUT2D eigenvalue weighted by Crippen LogP contribution is -2.18. The van der Waals surface area contributed by atoms with E-state index in [0.29, 0.717) is 34.6 Å². The lowest BCUT2D eigenvalue weighted by Gasteiger charge is -2.11. The number of fused-ring (bicyclic) bond motifs is 1. The summed E-state index contributed by atoms with van der Waals surface area (Å²) in [6, 6.07) is 17.0. The highest BCUT2D eigenvalue weighted by Crippen LogP contribution is 2.36. The Labute approximate surface area is 228 Å². The van der Waals surface area contributed by atoms with Gasteiger partial charge >= 0.3 is 0 Å². The first-order valence-corrected chi connectivity index (χ1v) is 14.7. The zero-order valence-corrected chi connectivity index (χ0v) is 22.6. The molecule has 0 saturated carbocycles. The van der Waals surface area contributed by atoms with Crippen LogP contribution >= 0.6 is 23.4 Å². The number of primary amides is 1. The average Bonchev–Trinajstić information content (AvgIpc) is 3.49. The topological polar surface area (TPSA) is 137 Å². The first-order chi connectivity index (χ1) is 18.1. The first-order valence-electron chi connectivity index (χ1n) is 11.5. The number of aliphatic imine (C=N–C) groups is 1. The highest BCUT2D eigenvalue weighted by molar-refractivity contribution is 8.15. The SMILES string of the molecule is CS(=O)(=O)c1ccc(Oc2cc(OCc3cccc(Cl)n3)c3[nH]c(C4=NCC(CC(N)=O)S4)cc3c2)cc1. The standard InChI is InChI=1S/C26H23ClN4O5S2/c1-38(33,34)20-7-5-17(6-8-20)36-18-9-15-10-21(26-29-13-19(37-26)12-24(28)32)31-25(15)22(11-18)35-14-16-3-2-4-23(27)30-16/h2-11,19,31H,12-14H2,1H3,(H2,28,32). The fraction of sp³-hybridized carbons (Fsp3) is 0.192. The van der Waals surface area contributed by atoms with Gasteiger partial charge in [0.2, 0.25) is 5.91 Å². The molecule has 2 aromatic carbocycles. The number of thioether (sulfide) groups is 1. The number of hydrogen-bond donors (Lipinski definition) is 2. The van der Waals surface area contributed by atoms with Crippen molar-refractivity contribution in [3.63, 3.8) is 0 Å². The molecule has 196 valence electrons. The number of ether oxygens (including phenoxy) is 2. The Morgan fingerprint density at radius 2 is 1.95 bits per heavy atom. The number of pyridine rings is 1. The Hall–Kier alpha value is -3.54. The van der Waals surface area contributed by atoms with Crippen molar-refractivity contribution >= 4 is 55.1 Å². The number of halogens is 1. The molecule has 0 spiro atoms. The molecule has 3 heterocycles. The van der Waals surface area contributed by atoms with Gasteiger partial charge in [-0.15, -0.1) is 0 Å². The maximum Gasteiger partial charge on any atom is 0.218 e. The van der Waals surface area contributed by atoms with Crippen LogP contribution in [-0.4, -0.2) is 47.4 Å². The van der Waals surface area contributed by atoms with Crippen LogP contribution in [0.25, 0.3) is 10.9 Å². The van der Waals surface area contributed by atoms with E-state index in [9.17, 15) is 13.2 Å². The highest BCUT2D eigenvalue weighted by Gasteiger charge is 2.24. The molecule has 0 bridgehead atoms. The zero-order valence-electron chi connectivity index (χ0n) is 20.2. The molecule has 1 amide bonds. The Kier molecular flexibility index (Phi) is 7.33. The molecule has 1 aliphatic heterocycles. The van der Waals surface area contributed by atoms with Gasteiger partial charge in [0.05, 0.1) is 28.3 Å². The minimum atomic E-state index is -3.31. The van der Waals surface area contributed by atoms with Crippen molar-refractivity contribution in [3.8, 4) is 17.2 Å². The van der Waals surface area contributed by atoms with E-state index < -0.39 is 9.84 Å². The fourth-order valence-corrected chi connectivity index (χ4v) is 5.85. The zero-order chi connectivity index (χ0) is 26.9. The number of nitrogens with one attached hydrogen (secondary N) is 1. The van der Waals surface area contributed by atoms with Crippen molar-refractivity contribution in [1.82, 2.24) is 9.97 Å².